The summed E-state index contributed by atoms with van der Waals surface area (Å²) in [6.45, 7) is 6.61. The number of nitrogens with one attached hydrogen (secondary N) is 1. The number of aliphatic imine (C=N–C) groups is 1. The summed E-state index contributed by atoms with van der Waals surface area (Å²) < 4.78 is 0. The Morgan fingerprint density at radius 3 is 2.65 bits per heavy atom. The third-order valence-electron chi connectivity index (χ3n) is 3.66. The molecule has 0 radical (unpaired) electrons. The Balaban J connectivity index is 0.000001000. The maximum Gasteiger partial charge on any atom is 0.145 e. The molecule has 3 heterocycles. The van der Waals surface area contributed by atoms with Crippen molar-refractivity contribution in [3.63, 3.8) is 0 Å². The van der Waals surface area contributed by atoms with Crippen molar-refractivity contribution < 1.29 is 0 Å². The van der Waals surface area contributed by atoms with Crippen LogP contribution >= 0.6 is 36.2 Å². The molecule has 0 amide bonds. The Kier molecular flexibility index (Phi) is 6.58. The summed E-state index contributed by atoms with van der Waals surface area (Å²) in [5, 5.41) is 5.64. The van der Waals surface area contributed by atoms with Gasteiger partial charge in [-0.05, 0) is 24.9 Å². The number of halogens is 2. The van der Waals surface area contributed by atoms with Gasteiger partial charge in [-0.25, -0.2) is 4.99 Å². The van der Waals surface area contributed by atoms with Crippen LogP contribution in [0.3, 0.4) is 0 Å². The number of likely N-dealkylation sites (N-methyl/N-ethyl adjacent to an activating group) is 1. The first-order chi connectivity index (χ1) is 8.78. The Morgan fingerprint density at radius 1 is 1.30 bits per heavy atom. The highest BCUT2D eigenvalue weighted by Crippen LogP contribution is 2.30. The molecule has 2 aliphatic rings. The van der Waals surface area contributed by atoms with E-state index in [4.69, 9.17) is 4.99 Å². The molecule has 0 spiro atoms. The van der Waals surface area contributed by atoms with Gasteiger partial charge in [0.2, 0.25) is 0 Å². The molecular formula is C13H22Cl2N4S. The molecule has 0 bridgehead atoms. The van der Waals surface area contributed by atoms with Gasteiger partial charge in [0.25, 0.3) is 0 Å². The number of amidine groups is 1. The molecule has 1 N–H and O–H groups in total. The number of hydrogen-bond donors (Lipinski definition) is 1. The quantitative estimate of drug-likeness (QED) is 0.855. The van der Waals surface area contributed by atoms with Crippen molar-refractivity contribution in [2.45, 2.75) is 19.5 Å². The first-order valence-corrected chi connectivity index (χ1v) is 7.51. The van der Waals surface area contributed by atoms with E-state index in [1.165, 1.54) is 16.4 Å². The Labute approximate surface area is 137 Å². The number of hydrogen-bond acceptors (Lipinski definition) is 5. The Bertz CT molecular complexity index is 455. The van der Waals surface area contributed by atoms with E-state index in [1.807, 2.05) is 0 Å². The third kappa shape index (κ3) is 3.39. The summed E-state index contributed by atoms with van der Waals surface area (Å²) in [5.74, 6) is 1.21. The number of rotatable bonds is 1. The van der Waals surface area contributed by atoms with E-state index < -0.39 is 0 Å². The zero-order valence-corrected chi connectivity index (χ0v) is 14.3. The zero-order valence-electron chi connectivity index (χ0n) is 11.8. The van der Waals surface area contributed by atoms with E-state index in [0.29, 0.717) is 0 Å². The Morgan fingerprint density at radius 2 is 2.00 bits per heavy atom. The van der Waals surface area contributed by atoms with Crippen LogP contribution in [0, 0.1) is 0 Å². The van der Waals surface area contributed by atoms with Gasteiger partial charge in [0.1, 0.15) is 12.0 Å². The van der Waals surface area contributed by atoms with Crippen molar-refractivity contribution in [1.82, 2.24) is 9.80 Å². The van der Waals surface area contributed by atoms with E-state index >= 15 is 0 Å². The van der Waals surface area contributed by atoms with E-state index in [0.717, 1.165) is 32.6 Å². The lowest BCUT2D eigenvalue weighted by Crippen LogP contribution is -2.48. The molecule has 114 valence electrons. The minimum absolute atomic E-state index is 0. The topological polar surface area (TPSA) is 30.9 Å². The van der Waals surface area contributed by atoms with Crippen LogP contribution in [0.4, 0.5) is 5.69 Å². The maximum absolute atomic E-state index is 4.89. The van der Waals surface area contributed by atoms with Gasteiger partial charge in [-0.2, -0.15) is 0 Å². The van der Waals surface area contributed by atoms with Gasteiger partial charge >= 0.3 is 0 Å². The van der Waals surface area contributed by atoms with Crippen LogP contribution in [-0.2, 0) is 0 Å². The molecule has 2 aliphatic heterocycles. The SMILES string of the molecule is CCC1N=C(N2CCN(C)CC2)c2sccc2N1.Cl.Cl. The fourth-order valence-corrected chi connectivity index (χ4v) is 3.33. The number of fused-ring (bicyclic) bond motifs is 1. The van der Waals surface area contributed by atoms with Gasteiger partial charge in [0.05, 0.1) is 10.6 Å². The van der Waals surface area contributed by atoms with Gasteiger partial charge in [0, 0.05) is 26.2 Å². The van der Waals surface area contributed by atoms with Crippen LogP contribution in [0.2, 0.25) is 0 Å². The van der Waals surface area contributed by atoms with Gasteiger partial charge in [-0.3, -0.25) is 0 Å². The van der Waals surface area contributed by atoms with Gasteiger partial charge in [0.15, 0.2) is 0 Å². The molecule has 1 fully saturated rings. The summed E-state index contributed by atoms with van der Waals surface area (Å²) in [4.78, 5) is 11.0. The molecule has 1 saturated heterocycles. The summed E-state index contributed by atoms with van der Waals surface area (Å²) in [6, 6.07) is 2.17. The maximum atomic E-state index is 4.89. The van der Waals surface area contributed by atoms with Crippen LogP contribution in [0.1, 0.15) is 18.2 Å². The van der Waals surface area contributed by atoms with Crippen molar-refractivity contribution in [2.24, 2.45) is 4.99 Å². The molecule has 0 aromatic carbocycles. The molecule has 0 aliphatic carbocycles. The van der Waals surface area contributed by atoms with Crippen molar-refractivity contribution in [1.29, 1.82) is 0 Å². The monoisotopic (exact) mass is 336 g/mol. The van der Waals surface area contributed by atoms with Crippen LogP contribution in [-0.4, -0.2) is 55.0 Å². The molecule has 1 aromatic rings. The molecule has 1 unspecified atom stereocenters. The summed E-state index contributed by atoms with van der Waals surface area (Å²) >= 11 is 1.79. The lowest BCUT2D eigenvalue weighted by atomic mass is 10.2. The van der Waals surface area contributed by atoms with Crippen molar-refractivity contribution >= 4 is 47.7 Å². The van der Waals surface area contributed by atoms with E-state index in [9.17, 15) is 0 Å². The highest BCUT2D eigenvalue weighted by atomic mass is 35.5. The van der Waals surface area contributed by atoms with Crippen molar-refractivity contribution in [3.05, 3.63) is 16.3 Å². The lowest BCUT2D eigenvalue weighted by molar-refractivity contribution is 0.215. The third-order valence-corrected chi connectivity index (χ3v) is 4.57. The molecule has 1 atom stereocenters. The molecule has 1 aromatic heterocycles. The van der Waals surface area contributed by atoms with Crippen molar-refractivity contribution in [3.8, 4) is 0 Å². The molecule has 0 saturated carbocycles. The smallest absolute Gasteiger partial charge is 0.145 e. The predicted molar refractivity (Wildman–Crippen MR) is 92.1 cm³/mol. The summed E-state index contributed by atoms with van der Waals surface area (Å²) in [7, 11) is 2.19. The van der Waals surface area contributed by atoms with Crippen molar-refractivity contribution in [2.75, 3.05) is 38.5 Å². The van der Waals surface area contributed by atoms with Crippen LogP contribution in [0.25, 0.3) is 0 Å². The van der Waals surface area contributed by atoms with Crippen LogP contribution in [0.5, 0.6) is 0 Å². The fraction of sp³-hybridized carbons (Fsp3) is 0.615. The average molecular weight is 337 g/mol. The second-order valence-electron chi connectivity index (χ2n) is 4.97. The van der Waals surface area contributed by atoms with Crippen LogP contribution < -0.4 is 5.32 Å². The van der Waals surface area contributed by atoms with E-state index in [1.54, 1.807) is 11.3 Å². The van der Waals surface area contributed by atoms with E-state index in [2.05, 4.69) is 40.5 Å². The second kappa shape index (κ2) is 7.50. The van der Waals surface area contributed by atoms with Gasteiger partial charge in [-0.15, -0.1) is 36.2 Å². The molecule has 20 heavy (non-hydrogen) atoms. The number of anilines is 1. The normalized spacial score (nSPS) is 22.0. The predicted octanol–water partition coefficient (Wildman–Crippen LogP) is 2.75. The molecule has 3 rings (SSSR count). The Hall–Kier alpha value is -0.490. The molecular weight excluding hydrogens is 315 g/mol. The average Bonchev–Trinajstić information content (AvgIpc) is 2.86. The van der Waals surface area contributed by atoms with E-state index in [-0.39, 0.29) is 31.0 Å². The lowest BCUT2D eigenvalue weighted by Gasteiger charge is -2.36. The minimum Gasteiger partial charge on any atom is -0.362 e. The molecule has 7 heteroatoms. The van der Waals surface area contributed by atoms with Crippen LogP contribution in [0.15, 0.2) is 16.4 Å². The molecule has 4 nitrogen and oxygen atoms in total. The second-order valence-corrected chi connectivity index (χ2v) is 5.89. The van der Waals surface area contributed by atoms with Gasteiger partial charge in [-0.1, -0.05) is 6.92 Å². The highest BCUT2D eigenvalue weighted by molar-refractivity contribution is 7.12. The largest absolute Gasteiger partial charge is 0.362 e. The number of nitrogens with zero attached hydrogens (tertiary/aromatic N) is 3. The first-order valence-electron chi connectivity index (χ1n) is 6.63. The standard InChI is InChI=1S/C13H20N4S.2ClH/c1-3-11-14-10-4-9-18-12(10)13(15-11)17-7-5-16(2)6-8-17;;/h4,9,11,14H,3,5-8H2,1-2H3;2*1H. The minimum atomic E-state index is 0. The fourth-order valence-electron chi connectivity index (χ4n) is 2.45. The van der Waals surface area contributed by atoms with Gasteiger partial charge < -0.3 is 15.1 Å². The summed E-state index contributed by atoms with van der Waals surface area (Å²) in [6.07, 6.45) is 1.27. The first kappa shape index (κ1) is 17.6. The summed E-state index contributed by atoms with van der Waals surface area (Å²) in [5.41, 5.74) is 1.26. The number of thiophene rings is 1. The highest BCUT2D eigenvalue weighted by Gasteiger charge is 2.26. The zero-order chi connectivity index (χ0) is 12.5. The number of piperazine rings is 1.